The molecule has 6 atom stereocenters. The van der Waals surface area contributed by atoms with E-state index in [9.17, 15) is 19.5 Å². The van der Waals surface area contributed by atoms with Gasteiger partial charge in [-0.3, -0.25) is 14.4 Å². The van der Waals surface area contributed by atoms with Crippen molar-refractivity contribution in [3.8, 4) is 0 Å². The molecule has 2 saturated heterocycles. The number of ether oxygens (including phenoxy) is 1. The van der Waals surface area contributed by atoms with Crippen LogP contribution in [0.5, 0.6) is 0 Å². The van der Waals surface area contributed by atoms with Crippen LogP contribution in [0.3, 0.4) is 0 Å². The Morgan fingerprint density at radius 2 is 1.66 bits per heavy atom. The highest BCUT2D eigenvalue weighted by atomic mass is 16.5. The van der Waals surface area contributed by atoms with Gasteiger partial charge >= 0.3 is 0 Å². The maximum Gasteiger partial charge on any atom is 0.253 e. The molecule has 0 aromatic heterocycles. The van der Waals surface area contributed by atoms with E-state index in [1.807, 2.05) is 85.8 Å². The van der Waals surface area contributed by atoms with E-state index in [0.29, 0.717) is 26.1 Å². The molecule has 1 unspecified atom stereocenters. The molecule has 2 fully saturated rings. The monoisotopic (exact) mass is 598 g/mol. The molecule has 6 rings (SSSR count). The zero-order valence-electron chi connectivity index (χ0n) is 25.7. The number of anilines is 2. The fourth-order valence-electron chi connectivity index (χ4n) is 7.55. The SMILES string of the molecule is CC[C@@H](CO)N1C(=O)[C@@H]2[C@H]3C(=O)N(Cc4ccccc4)CC=C[C@H]3O[C@@]23C=CCN(c2ccc(N(CC)CC)cc2)C(=O)C13. The summed E-state index contributed by atoms with van der Waals surface area (Å²) in [6.07, 6.45) is 7.36. The molecule has 2 aromatic carbocycles. The van der Waals surface area contributed by atoms with Gasteiger partial charge in [-0.25, -0.2) is 0 Å². The van der Waals surface area contributed by atoms with E-state index in [0.717, 1.165) is 30.0 Å². The molecular weight excluding hydrogens is 556 g/mol. The van der Waals surface area contributed by atoms with E-state index in [-0.39, 0.29) is 24.3 Å². The van der Waals surface area contributed by atoms with E-state index in [1.165, 1.54) is 4.90 Å². The first-order chi connectivity index (χ1) is 21.4. The standard InChI is InChI=1S/C35H42N4O5/c1-4-25(23-40)39-31-34(43)38(27-17-15-26(16-18-27)36(5-2)6-3)21-11-19-35(31)30(33(39)42)29-28(44-35)14-10-20-37(32(29)41)22-24-12-8-7-9-13-24/h7-19,25,28-31,40H,4-6,20-23H2,1-3H3/t25-,28+,29-,30-,31?,35-/m0/s1. The lowest BCUT2D eigenvalue weighted by atomic mass is 9.77. The minimum absolute atomic E-state index is 0.161. The first-order valence-corrected chi connectivity index (χ1v) is 15.8. The van der Waals surface area contributed by atoms with E-state index in [1.54, 1.807) is 9.80 Å². The summed E-state index contributed by atoms with van der Waals surface area (Å²) >= 11 is 0. The van der Waals surface area contributed by atoms with Crippen LogP contribution in [-0.4, -0.2) is 89.2 Å². The van der Waals surface area contributed by atoms with Crippen molar-refractivity contribution < 1.29 is 24.2 Å². The number of benzene rings is 2. The smallest absolute Gasteiger partial charge is 0.253 e. The second-order valence-corrected chi connectivity index (χ2v) is 12.0. The molecule has 0 radical (unpaired) electrons. The Hall–Kier alpha value is -3.95. The van der Waals surface area contributed by atoms with Crippen LogP contribution in [0.25, 0.3) is 0 Å². The van der Waals surface area contributed by atoms with Crippen LogP contribution in [0.4, 0.5) is 11.4 Å². The first-order valence-electron chi connectivity index (χ1n) is 15.8. The number of aliphatic hydroxyl groups excluding tert-OH is 1. The van der Waals surface area contributed by atoms with Crippen molar-refractivity contribution in [2.45, 2.75) is 57.5 Å². The lowest BCUT2D eigenvalue weighted by Gasteiger charge is -2.38. The molecule has 44 heavy (non-hydrogen) atoms. The molecule has 2 aromatic rings. The number of rotatable bonds is 9. The summed E-state index contributed by atoms with van der Waals surface area (Å²) in [6, 6.07) is 16.1. The van der Waals surface area contributed by atoms with Crippen molar-refractivity contribution >= 4 is 29.1 Å². The number of likely N-dealkylation sites (tertiary alicyclic amines) is 1. The summed E-state index contributed by atoms with van der Waals surface area (Å²) < 4.78 is 6.76. The third-order valence-electron chi connectivity index (χ3n) is 9.76. The normalized spacial score (nSPS) is 28.5. The molecule has 232 valence electrons. The summed E-state index contributed by atoms with van der Waals surface area (Å²) in [5.74, 6) is -2.43. The Balaban J connectivity index is 1.38. The highest BCUT2D eigenvalue weighted by Gasteiger charge is 2.72. The number of carbonyl (C=O) groups excluding carboxylic acids is 3. The van der Waals surface area contributed by atoms with Gasteiger partial charge in [0.05, 0.1) is 30.6 Å². The number of nitrogens with zero attached hydrogens (tertiary/aromatic N) is 4. The lowest BCUT2D eigenvalue weighted by Crippen LogP contribution is -2.58. The van der Waals surface area contributed by atoms with Crippen LogP contribution < -0.4 is 9.80 Å². The van der Waals surface area contributed by atoms with Crippen molar-refractivity contribution in [3.05, 3.63) is 84.5 Å². The number of fused-ring (bicyclic) bond motifs is 2. The minimum atomic E-state index is -1.34. The molecule has 4 heterocycles. The second kappa shape index (κ2) is 12.2. The van der Waals surface area contributed by atoms with E-state index < -0.39 is 35.6 Å². The molecule has 0 aliphatic carbocycles. The molecule has 3 amide bonds. The third kappa shape index (κ3) is 4.82. The average molecular weight is 599 g/mol. The fraction of sp³-hybridized carbons (Fsp3) is 0.457. The van der Waals surface area contributed by atoms with Crippen LogP contribution in [0, 0.1) is 11.8 Å². The highest BCUT2D eigenvalue weighted by molar-refractivity contribution is 6.06. The molecule has 1 N–H and O–H groups in total. The Morgan fingerprint density at radius 3 is 2.32 bits per heavy atom. The molecule has 0 bridgehead atoms. The fourth-order valence-corrected chi connectivity index (χ4v) is 7.55. The Bertz CT molecular complexity index is 1430. The summed E-state index contributed by atoms with van der Waals surface area (Å²) in [7, 11) is 0. The third-order valence-corrected chi connectivity index (χ3v) is 9.76. The topological polar surface area (TPSA) is 93.6 Å². The molecule has 1 spiro atoms. The predicted octanol–water partition coefficient (Wildman–Crippen LogP) is 3.39. The molecule has 9 nitrogen and oxygen atoms in total. The van der Waals surface area contributed by atoms with Crippen molar-refractivity contribution in [3.63, 3.8) is 0 Å². The summed E-state index contributed by atoms with van der Waals surface area (Å²) in [5.41, 5.74) is 1.45. The Morgan fingerprint density at radius 1 is 0.932 bits per heavy atom. The van der Waals surface area contributed by atoms with Crippen LogP contribution >= 0.6 is 0 Å². The lowest BCUT2D eigenvalue weighted by molar-refractivity contribution is -0.147. The molecule has 9 heteroatoms. The first kappa shape index (κ1) is 30.1. The van der Waals surface area contributed by atoms with Gasteiger partial charge in [-0.2, -0.15) is 0 Å². The van der Waals surface area contributed by atoms with Crippen LogP contribution in [-0.2, 0) is 25.7 Å². The van der Waals surface area contributed by atoms with E-state index >= 15 is 0 Å². The number of hydrogen-bond donors (Lipinski definition) is 1. The van der Waals surface area contributed by atoms with Crippen molar-refractivity contribution in [2.75, 3.05) is 42.6 Å². The summed E-state index contributed by atoms with van der Waals surface area (Å²) in [4.78, 5) is 50.6. The highest BCUT2D eigenvalue weighted by Crippen LogP contribution is 2.54. The maximum atomic E-state index is 14.7. The van der Waals surface area contributed by atoms with Gasteiger partial charge in [0.15, 0.2) is 0 Å². The van der Waals surface area contributed by atoms with E-state index in [4.69, 9.17) is 4.74 Å². The van der Waals surface area contributed by atoms with Gasteiger partial charge in [-0.1, -0.05) is 61.6 Å². The summed E-state index contributed by atoms with van der Waals surface area (Å²) in [6.45, 7) is 8.68. The van der Waals surface area contributed by atoms with Crippen molar-refractivity contribution in [2.24, 2.45) is 11.8 Å². The minimum Gasteiger partial charge on any atom is -0.394 e. The summed E-state index contributed by atoms with van der Waals surface area (Å²) in [5, 5.41) is 10.4. The van der Waals surface area contributed by atoms with Gasteiger partial charge in [0.25, 0.3) is 5.91 Å². The number of aliphatic hydroxyl groups is 1. The van der Waals surface area contributed by atoms with Crippen LogP contribution in [0.1, 0.15) is 32.8 Å². The number of hydrogen-bond acceptors (Lipinski definition) is 6. The Kier molecular flexibility index (Phi) is 8.35. The molecule has 4 aliphatic heterocycles. The average Bonchev–Trinajstić information content (AvgIpc) is 3.37. The predicted molar refractivity (Wildman–Crippen MR) is 169 cm³/mol. The van der Waals surface area contributed by atoms with Crippen molar-refractivity contribution in [1.82, 2.24) is 9.80 Å². The largest absolute Gasteiger partial charge is 0.394 e. The van der Waals surface area contributed by atoms with E-state index in [2.05, 4.69) is 18.7 Å². The van der Waals surface area contributed by atoms with Crippen molar-refractivity contribution in [1.29, 1.82) is 0 Å². The molecule has 4 aliphatic rings. The van der Waals surface area contributed by atoms with Gasteiger partial charge in [0, 0.05) is 44.1 Å². The second-order valence-electron chi connectivity index (χ2n) is 12.0. The maximum absolute atomic E-state index is 14.7. The number of amides is 3. The van der Waals surface area contributed by atoms with Gasteiger partial charge in [0.1, 0.15) is 11.6 Å². The zero-order valence-corrected chi connectivity index (χ0v) is 25.7. The van der Waals surface area contributed by atoms with Gasteiger partial charge in [-0.05, 0) is 50.1 Å². The Labute approximate surface area is 259 Å². The molecule has 0 saturated carbocycles. The van der Waals surface area contributed by atoms with Gasteiger partial charge < -0.3 is 29.4 Å². The van der Waals surface area contributed by atoms with Crippen LogP contribution in [0.2, 0.25) is 0 Å². The molecular formula is C35H42N4O5. The zero-order chi connectivity index (χ0) is 31.0. The van der Waals surface area contributed by atoms with Gasteiger partial charge in [-0.15, -0.1) is 0 Å². The quantitative estimate of drug-likeness (QED) is 0.445. The van der Waals surface area contributed by atoms with Gasteiger partial charge in [0.2, 0.25) is 11.8 Å². The van der Waals surface area contributed by atoms with Crippen LogP contribution in [0.15, 0.2) is 78.9 Å². The number of carbonyl (C=O) groups is 3.